The maximum absolute atomic E-state index is 12.4. The summed E-state index contributed by atoms with van der Waals surface area (Å²) in [5.74, 6) is 0.693. The quantitative estimate of drug-likeness (QED) is 0.557. The first-order valence-corrected chi connectivity index (χ1v) is 10.0. The summed E-state index contributed by atoms with van der Waals surface area (Å²) in [5, 5.41) is 0.525. The molecule has 2 heterocycles. The van der Waals surface area contributed by atoms with Crippen molar-refractivity contribution in [2.75, 3.05) is 6.61 Å². The Morgan fingerprint density at radius 2 is 1.77 bits per heavy atom. The van der Waals surface area contributed by atoms with Crippen LogP contribution in [0.5, 0.6) is 11.5 Å². The van der Waals surface area contributed by atoms with Crippen molar-refractivity contribution in [3.05, 3.63) is 53.3 Å². The average Bonchev–Trinajstić information content (AvgIpc) is 3.15. The lowest BCUT2D eigenvalue weighted by Crippen LogP contribution is -2.47. The van der Waals surface area contributed by atoms with E-state index in [4.69, 9.17) is 9.47 Å². The molecule has 0 aliphatic carbocycles. The molecule has 0 fully saturated rings. The first-order valence-electron chi connectivity index (χ1n) is 9.22. The van der Waals surface area contributed by atoms with Gasteiger partial charge in [-0.25, -0.2) is 15.0 Å². The molecule has 9 nitrogen and oxygen atoms in total. The molecule has 0 radical (unpaired) electrons. The van der Waals surface area contributed by atoms with E-state index in [0.29, 0.717) is 33.8 Å². The lowest BCUT2D eigenvalue weighted by Gasteiger charge is -2.15. The number of aromatic nitrogens is 3. The Labute approximate surface area is 177 Å². The molecule has 0 aliphatic heterocycles. The fraction of sp³-hybridized carbons (Fsp3) is 0.250. The number of rotatable bonds is 7. The molecule has 1 aromatic carbocycles. The minimum absolute atomic E-state index is 0.359. The van der Waals surface area contributed by atoms with Crippen LogP contribution >= 0.6 is 11.3 Å². The highest BCUT2D eigenvalue weighted by molar-refractivity contribution is 7.17. The molecule has 3 aromatic rings. The molecule has 1 unspecified atom stereocenters. The molecule has 3 rings (SSSR count). The van der Waals surface area contributed by atoms with Crippen LogP contribution in [0.3, 0.4) is 0 Å². The van der Waals surface area contributed by atoms with Crippen LogP contribution in [0, 0.1) is 6.92 Å². The number of benzene rings is 1. The van der Waals surface area contributed by atoms with Gasteiger partial charge in [0.25, 0.3) is 11.8 Å². The van der Waals surface area contributed by atoms with E-state index in [1.165, 1.54) is 0 Å². The van der Waals surface area contributed by atoms with Crippen LogP contribution in [0.15, 0.2) is 42.7 Å². The van der Waals surface area contributed by atoms with E-state index in [9.17, 15) is 9.59 Å². The standard InChI is InChI=1S/C20H21N5O4S/c1-4-28-14-6-8-15(9-7-14)29-13(3)18(26)24-25-19(27)16-12(2)23-20(30-16)17-21-10-5-11-22-17/h5-11,13H,4H2,1-3H3,(H,24,26)(H,25,27). The number of nitrogens with zero attached hydrogens (tertiary/aromatic N) is 3. The molecule has 0 spiro atoms. The summed E-state index contributed by atoms with van der Waals surface area (Å²) in [6, 6.07) is 8.63. The molecule has 2 N–H and O–H groups in total. The molecule has 2 aromatic heterocycles. The second-order valence-corrected chi connectivity index (χ2v) is 7.11. The number of carbonyl (C=O) groups is 2. The smallest absolute Gasteiger partial charge is 0.281 e. The number of aryl methyl sites for hydroxylation is 1. The van der Waals surface area contributed by atoms with Gasteiger partial charge in [0.2, 0.25) is 0 Å². The Balaban J connectivity index is 1.55. The van der Waals surface area contributed by atoms with Gasteiger partial charge in [0.05, 0.1) is 12.3 Å². The normalized spacial score (nSPS) is 11.4. The fourth-order valence-corrected chi connectivity index (χ4v) is 3.34. The average molecular weight is 427 g/mol. The second-order valence-electron chi connectivity index (χ2n) is 6.11. The number of hydrazine groups is 1. The first-order chi connectivity index (χ1) is 14.5. The molecule has 0 saturated heterocycles. The van der Waals surface area contributed by atoms with E-state index in [-0.39, 0.29) is 0 Å². The summed E-state index contributed by atoms with van der Waals surface area (Å²) in [7, 11) is 0. The molecule has 0 saturated carbocycles. The zero-order valence-electron chi connectivity index (χ0n) is 16.7. The minimum Gasteiger partial charge on any atom is -0.494 e. The molecular formula is C20H21N5O4S. The minimum atomic E-state index is -0.820. The third kappa shape index (κ3) is 5.29. The first kappa shape index (κ1) is 21.2. The van der Waals surface area contributed by atoms with Crippen molar-refractivity contribution >= 4 is 23.2 Å². The van der Waals surface area contributed by atoms with Gasteiger partial charge >= 0.3 is 0 Å². The number of amides is 2. The fourth-order valence-electron chi connectivity index (χ4n) is 2.43. The Kier molecular flexibility index (Phi) is 6.91. The van der Waals surface area contributed by atoms with Crippen LogP contribution in [0.1, 0.15) is 29.2 Å². The van der Waals surface area contributed by atoms with Gasteiger partial charge in [-0.1, -0.05) is 0 Å². The summed E-state index contributed by atoms with van der Waals surface area (Å²) >= 11 is 1.15. The van der Waals surface area contributed by atoms with Crippen molar-refractivity contribution in [2.45, 2.75) is 26.9 Å². The van der Waals surface area contributed by atoms with E-state index in [2.05, 4.69) is 25.8 Å². The van der Waals surface area contributed by atoms with Gasteiger partial charge in [-0.2, -0.15) is 0 Å². The third-order valence-electron chi connectivity index (χ3n) is 3.88. The van der Waals surface area contributed by atoms with E-state index in [1.54, 1.807) is 56.6 Å². The third-order valence-corrected chi connectivity index (χ3v) is 5.03. The van der Waals surface area contributed by atoms with Crippen LogP contribution in [-0.2, 0) is 4.79 Å². The topological polar surface area (TPSA) is 115 Å². The summed E-state index contributed by atoms with van der Waals surface area (Å²) in [6.45, 7) is 5.75. The maximum Gasteiger partial charge on any atom is 0.281 e. The summed E-state index contributed by atoms with van der Waals surface area (Å²) < 4.78 is 11.0. The number of hydrogen-bond acceptors (Lipinski definition) is 8. The SMILES string of the molecule is CCOc1ccc(OC(C)C(=O)NNC(=O)c2sc(-c3ncccn3)nc2C)cc1. The van der Waals surface area contributed by atoms with Gasteiger partial charge in [-0.3, -0.25) is 20.4 Å². The van der Waals surface area contributed by atoms with E-state index in [1.807, 2.05) is 6.92 Å². The van der Waals surface area contributed by atoms with Crippen LogP contribution in [-0.4, -0.2) is 39.5 Å². The van der Waals surface area contributed by atoms with Crippen molar-refractivity contribution in [3.8, 4) is 22.3 Å². The number of hydrogen-bond donors (Lipinski definition) is 2. The van der Waals surface area contributed by atoms with Gasteiger partial charge < -0.3 is 9.47 Å². The second kappa shape index (κ2) is 9.79. The molecule has 30 heavy (non-hydrogen) atoms. The summed E-state index contributed by atoms with van der Waals surface area (Å²) in [5.41, 5.74) is 5.28. The molecule has 1 atom stereocenters. The highest BCUT2D eigenvalue weighted by atomic mass is 32.1. The predicted molar refractivity (Wildman–Crippen MR) is 111 cm³/mol. The Hall–Kier alpha value is -3.53. The zero-order chi connectivity index (χ0) is 21.5. The van der Waals surface area contributed by atoms with Gasteiger partial charge in [-0.05, 0) is 51.1 Å². The summed E-state index contributed by atoms with van der Waals surface area (Å²) in [4.78, 5) is 37.6. The Bertz CT molecular complexity index is 1010. The number of carbonyl (C=O) groups excluding carboxylic acids is 2. The summed E-state index contributed by atoms with van der Waals surface area (Å²) in [6.07, 6.45) is 2.38. The van der Waals surface area contributed by atoms with Crippen molar-refractivity contribution in [3.63, 3.8) is 0 Å². The zero-order valence-corrected chi connectivity index (χ0v) is 17.5. The number of thiazole rings is 1. The Morgan fingerprint density at radius 1 is 1.10 bits per heavy atom. The molecule has 2 amide bonds. The van der Waals surface area contributed by atoms with Crippen molar-refractivity contribution in [1.82, 2.24) is 25.8 Å². The molecule has 0 aliphatic rings. The lowest BCUT2D eigenvalue weighted by molar-refractivity contribution is -0.128. The molecule has 10 heteroatoms. The number of ether oxygens (including phenoxy) is 2. The van der Waals surface area contributed by atoms with Crippen molar-refractivity contribution in [2.24, 2.45) is 0 Å². The van der Waals surface area contributed by atoms with E-state index >= 15 is 0 Å². The van der Waals surface area contributed by atoms with Crippen molar-refractivity contribution in [1.29, 1.82) is 0 Å². The van der Waals surface area contributed by atoms with Gasteiger partial charge in [-0.15, -0.1) is 11.3 Å². The monoisotopic (exact) mass is 427 g/mol. The highest BCUT2D eigenvalue weighted by Crippen LogP contribution is 2.25. The van der Waals surface area contributed by atoms with Gasteiger partial charge in [0, 0.05) is 12.4 Å². The van der Waals surface area contributed by atoms with Crippen LogP contribution < -0.4 is 20.3 Å². The predicted octanol–water partition coefficient (Wildman–Crippen LogP) is 2.54. The molecule has 156 valence electrons. The molecule has 0 bridgehead atoms. The highest BCUT2D eigenvalue weighted by Gasteiger charge is 2.20. The van der Waals surface area contributed by atoms with Crippen molar-refractivity contribution < 1.29 is 19.1 Å². The van der Waals surface area contributed by atoms with E-state index < -0.39 is 17.9 Å². The maximum atomic E-state index is 12.4. The van der Waals surface area contributed by atoms with Crippen LogP contribution in [0.4, 0.5) is 0 Å². The van der Waals surface area contributed by atoms with E-state index in [0.717, 1.165) is 17.1 Å². The molecular weight excluding hydrogens is 406 g/mol. The van der Waals surface area contributed by atoms with Crippen LogP contribution in [0.2, 0.25) is 0 Å². The van der Waals surface area contributed by atoms with Gasteiger partial charge in [0.1, 0.15) is 16.4 Å². The lowest BCUT2D eigenvalue weighted by atomic mass is 10.3. The number of nitrogens with one attached hydrogen (secondary N) is 2. The largest absolute Gasteiger partial charge is 0.494 e. The Morgan fingerprint density at radius 3 is 2.43 bits per heavy atom. The van der Waals surface area contributed by atoms with Crippen LogP contribution in [0.25, 0.3) is 10.8 Å². The van der Waals surface area contributed by atoms with Gasteiger partial charge in [0.15, 0.2) is 16.9 Å².